The van der Waals surface area contributed by atoms with Gasteiger partial charge < -0.3 is 15.3 Å². The minimum absolute atomic E-state index is 0.0396. The molecule has 0 aromatic carbocycles. The Labute approximate surface area is 86.5 Å². The number of aliphatic carboxylic acids is 3. The molecule has 0 aliphatic heterocycles. The first-order valence-corrected chi connectivity index (χ1v) is 4.52. The van der Waals surface area contributed by atoms with Crippen molar-refractivity contribution in [2.24, 2.45) is 11.3 Å². The topological polar surface area (TPSA) is 112 Å². The van der Waals surface area contributed by atoms with Gasteiger partial charge in [-0.1, -0.05) is 13.8 Å². The van der Waals surface area contributed by atoms with Gasteiger partial charge in [-0.3, -0.25) is 14.4 Å². The highest BCUT2D eigenvalue weighted by molar-refractivity contribution is 5.99. The van der Waals surface area contributed by atoms with Crippen LogP contribution >= 0.6 is 0 Å². The highest BCUT2D eigenvalue weighted by Gasteiger charge is 2.51. The fourth-order valence-corrected chi connectivity index (χ4v) is 1.66. The Hall–Kier alpha value is -1.59. The van der Waals surface area contributed by atoms with E-state index in [-0.39, 0.29) is 12.8 Å². The summed E-state index contributed by atoms with van der Waals surface area (Å²) in [6, 6.07) is 0. The van der Waals surface area contributed by atoms with Gasteiger partial charge in [-0.15, -0.1) is 0 Å². The molecular formula is C9H14O6. The van der Waals surface area contributed by atoms with Crippen molar-refractivity contribution in [2.45, 2.75) is 26.7 Å². The van der Waals surface area contributed by atoms with Gasteiger partial charge >= 0.3 is 17.9 Å². The van der Waals surface area contributed by atoms with Gasteiger partial charge in [0.2, 0.25) is 0 Å². The van der Waals surface area contributed by atoms with Crippen LogP contribution in [-0.4, -0.2) is 33.2 Å². The van der Waals surface area contributed by atoms with Crippen molar-refractivity contribution in [1.29, 1.82) is 0 Å². The molecule has 6 nitrogen and oxygen atoms in total. The molecule has 6 heteroatoms. The van der Waals surface area contributed by atoms with E-state index in [4.69, 9.17) is 15.3 Å². The van der Waals surface area contributed by atoms with Crippen molar-refractivity contribution >= 4 is 17.9 Å². The average Bonchev–Trinajstić information content (AvgIpc) is 2.11. The summed E-state index contributed by atoms with van der Waals surface area (Å²) in [5.74, 6) is -6.53. The molecule has 0 amide bonds. The molecule has 0 atom stereocenters. The maximum absolute atomic E-state index is 11.0. The van der Waals surface area contributed by atoms with Crippen molar-refractivity contribution in [3.05, 3.63) is 0 Å². The number of rotatable bonds is 6. The van der Waals surface area contributed by atoms with Crippen molar-refractivity contribution in [3.63, 3.8) is 0 Å². The van der Waals surface area contributed by atoms with Crippen LogP contribution in [0.15, 0.2) is 0 Å². The van der Waals surface area contributed by atoms with Crippen LogP contribution in [0.5, 0.6) is 0 Å². The first kappa shape index (κ1) is 13.4. The van der Waals surface area contributed by atoms with Crippen molar-refractivity contribution in [1.82, 2.24) is 0 Å². The SMILES string of the molecule is CCC(CC)(C(=O)O)C(C(=O)O)C(=O)O. The Morgan fingerprint density at radius 2 is 1.33 bits per heavy atom. The fourth-order valence-electron chi connectivity index (χ4n) is 1.66. The lowest BCUT2D eigenvalue weighted by Crippen LogP contribution is -2.46. The zero-order chi connectivity index (χ0) is 12.2. The fraction of sp³-hybridized carbons (Fsp3) is 0.667. The second kappa shape index (κ2) is 4.77. The van der Waals surface area contributed by atoms with Gasteiger partial charge in [0, 0.05) is 0 Å². The van der Waals surface area contributed by atoms with E-state index in [1.807, 2.05) is 0 Å². The molecule has 86 valence electrons. The zero-order valence-corrected chi connectivity index (χ0v) is 8.56. The number of carboxylic acid groups (broad SMARTS) is 3. The monoisotopic (exact) mass is 218 g/mol. The molecule has 0 saturated heterocycles. The highest BCUT2D eigenvalue weighted by Crippen LogP contribution is 2.36. The molecule has 0 aliphatic rings. The largest absolute Gasteiger partial charge is 0.481 e. The maximum Gasteiger partial charge on any atom is 0.319 e. The summed E-state index contributed by atoms with van der Waals surface area (Å²) < 4.78 is 0. The third kappa shape index (κ3) is 2.26. The van der Waals surface area contributed by atoms with Crippen molar-refractivity contribution in [2.75, 3.05) is 0 Å². The molecule has 0 radical (unpaired) electrons. The van der Waals surface area contributed by atoms with Gasteiger partial charge in [0.15, 0.2) is 5.92 Å². The van der Waals surface area contributed by atoms with Crippen LogP contribution in [0.2, 0.25) is 0 Å². The summed E-state index contributed by atoms with van der Waals surface area (Å²) in [6.07, 6.45) is -0.0792. The Morgan fingerprint density at radius 3 is 1.40 bits per heavy atom. The van der Waals surface area contributed by atoms with Crippen LogP contribution in [0.25, 0.3) is 0 Å². The van der Waals surface area contributed by atoms with Crippen LogP contribution in [-0.2, 0) is 14.4 Å². The van der Waals surface area contributed by atoms with Gasteiger partial charge in [-0.2, -0.15) is 0 Å². The number of carboxylic acids is 3. The van der Waals surface area contributed by atoms with E-state index in [0.29, 0.717) is 0 Å². The third-order valence-electron chi connectivity index (χ3n) is 2.73. The Morgan fingerprint density at radius 1 is 1.00 bits per heavy atom. The number of hydrogen-bond acceptors (Lipinski definition) is 3. The third-order valence-corrected chi connectivity index (χ3v) is 2.73. The summed E-state index contributed by atoms with van der Waals surface area (Å²) in [5.41, 5.74) is -1.74. The van der Waals surface area contributed by atoms with E-state index in [1.54, 1.807) is 0 Å². The van der Waals surface area contributed by atoms with Crippen LogP contribution in [0.4, 0.5) is 0 Å². The van der Waals surface area contributed by atoms with Gasteiger partial charge in [0.1, 0.15) is 0 Å². The minimum atomic E-state index is -1.91. The molecular weight excluding hydrogens is 204 g/mol. The number of carbonyl (C=O) groups is 3. The maximum atomic E-state index is 11.0. The van der Waals surface area contributed by atoms with Crippen LogP contribution in [0, 0.1) is 11.3 Å². The minimum Gasteiger partial charge on any atom is -0.481 e. The molecule has 0 rings (SSSR count). The molecule has 0 unspecified atom stereocenters. The smallest absolute Gasteiger partial charge is 0.319 e. The van der Waals surface area contributed by atoms with E-state index >= 15 is 0 Å². The summed E-state index contributed by atoms with van der Waals surface area (Å²) in [5, 5.41) is 26.5. The number of hydrogen-bond donors (Lipinski definition) is 3. The van der Waals surface area contributed by atoms with Crippen LogP contribution in [0.3, 0.4) is 0 Å². The second-order valence-corrected chi connectivity index (χ2v) is 3.28. The lowest BCUT2D eigenvalue weighted by Gasteiger charge is -2.30. The van der Waals surface area contributed by atoms with Gasteiger partial charge in [-0.05, 0) is 12.8 Å². The van der Waals surface area contributed by atoms with E-state index < -0.39 is 29.2 Å². The Kier molecular flexibility index (Phi) is 4.26. The predicted octanol–water partition coefficient (Wildman–Crippen LogP) is 0.663. The Balaban J connectivity index is 5.46. The normalized spacial score (nSPS) is 11.4. The molecule has 3 N–H and O–H groups in total. The predicted molar refractivity (Wildman–Crippen MR) is 49.4 cm³/mol. The van der Waals surface area contributed by atoms with E-state index in [9.17, 15) is 14.4 Å². The molecule has 0 aromatic rings. The molecule has 0 saturated carbocycles. The first-order chi connectivity index (χ1) is 6.83. The first-order valence-electron chi connectivity index (χ1n) is 4.52. The molecule has 0 fully saturated rings. The van der Waals surface area contributed by atoms with Crippen LogP contribution < -0.4 is 0 Å². The van der Waals surface area contributed by atoms with E-state index in [1.165, 1.54) is 13.8 Å². The van der Waals surface area contributed by atoms with E-state index in [2.05, 4.69) is 0 Å². The van der Waals surface area contributed by atoms with Crippen molar-refractivity contribution < 1.29 is 29.7 Å². The summed E-state index contributed by atoms with van der Waals surface area (Å²) in [4.78, 5) is 32.5. The molecule has 15 heavy (non-hydrogen) atoms. The molecule has 0 bridgehead atoms. The molecule has 0 spiro atoms. The molecule has 0 aliphatic carbocycles. The highest BCUT2D eigenvalue weighted by atomic mass is 16.4. The van der Waals surface area contributed by atoms with Gasteiger partial charge in [0.25, 0.3) is 0 Å². The summed E-state index contributed by atoms with van der Waals surface area (Å²) in [6.45, 7) is 2.94. The standard InChI is InChI=1S/C9H14O6/c1-3-9(4-2,8(14)15)5(6(10)11)7(12)13/h5H,3-4H2,1-2H3,(H,10,11)(H,12,13)(H,14,15). The van der Waals surface area contributed by atoms with Gasteiger partial charge in [0.05, 0.1) is 5.41 Å². The lowest BCUT2D eigenvalue weighted by molar-refractivity contribution is -0.173. The van der Waals surface area contributed by atoms with Gasteiger partial charge in [-0.25, -0.2) is 0 Å². The van der Waals surface area contributed by atoms with Crippen LogP contribution in [0.1, 0.15) is 26.7 Å². The summed E-state index contributed by atoms with van der Waals surface area (Å²) in [7, 11) is 0. The average molecular weight is 218 g/mol. The quantitative estimate of drug-likeness (QED) is 0.564. The molecule has 0 aromatic heterocycles. The summed E-state index contributed by atoms with van der Waals surface area (Å²) >= 11 is 0. The zero-order valence-electron chi connectivity index (χ0n) is 8.56. The second-order valence-electron chi connectivity index (χ2n) is 3.28. The molecule has 0 heterocycles. The van der Waals surface area contributed by atoms with Crippen molar-refractivity contribution in [3.8, 4) is 0 Å². The van der Waals surface area contributed by atoms with E-state index in [0.717, 1.165) is 0 Å². The lowest BCUT2D eigenvalue weighted by atomic mass is 9.71. The Bertz CT molecular complexity index is 264.